The van der Waals surface area contributed by atoms with Crippen molar-refractivity contribution < 1.29 is 4.79 Å². The van der Waals surface area contributed by atoms with Gasteiger partial charge < -0.3 is 21.3 Å². The first-order valence-electron chi connectivity index (χ1n) is 8.53. The van der Waals surface area contributed by atoms with Crippen molar-refractivity contribution >= 4 is 63.8 Å². The van der Waals surface area contributed by atoms with Crippen molar-refractivity contribution in [1.29, 1.82) is 0 Å². The lowest BCUT2D eigenvalue weighted by Crippen LogP contribution is -2.45. The monoisotopic (exact) mass is 417 g/mol. The van der Waals surface area contributed by atoms with E-state index < -0.39 is 5.91 Å². The van der Waals surface area contributed by atoms with E-state index in [0.717, 1.165) is 61.5 Å². The van der Waals surface area contributed by atoms with Gasteiger partial charge in [-0.3, -0.25) is 4.79 Å². The van der Waals surface area contributed by atoms with Gasteiger partial charge in [0.15, 0.2) is 0 Å². The Labute approximate surface area is 169 Å². The van der Waals surface area contributed by atoms with E-state index in [1.165, 1.54) is 28.9 Å². The van der Waals surface area contributed by atoms with Crippen molar-refractivity contribution in [1.82, 2.24) is 9.88 Å². The number of rotatable bonds is 2. The number of amides is 1. The number of piperazine rings is 1. The molecule has 9 heteroatoms. The number of hydrogen-bond donors (Lipinski definition) is 2. The maximum absolute atomic E-state index is 11.7. The molecule has 4 rings (SSSR count). The largest absolute Gasteiger partial charge is 0.397 e. The number of halogens is 2. The maximum atomic E-state index is 11.7. The number of nitrogens with zero attached hydrogens (tertiary/aromatic N) is 3. The molecule has 0 radical (unpaired) electrons. The summed E-state index contributed by atoms with van der Waals surface area (Å²) in [5.74, 6) is 0.642. The zero-order chi connectivity index (χ0) is 16.8. The molecule has 0 aromatic carbocycles. The van der Waals surface area contributed by atoms with E-state index in [2.05, 4.69) is 16.8 Å². The van der Waals surface area contributed by atoms with Crippen LogP contribution in [0.3, 0.4) is 0 Å². The molecule has 144 valence electrons. The quantitative estimate of drug-likeness (QED) is 0.782. The Morgan fingerprint density at radius 3 is 2.31 bits per heavy atom. The van der Waals surface area contributed by atoms with Gasteiger partial charge in [0.05, 0.1) is 5.69 Å². The molecule has 0 atom stereocenters. The minimum Gasteiger partial charge on any atom is -0.397 e. The van der Waals surface area contributed by atoms with Gasteiger partial charge in [-0.25, -0.2) is 4.98 Å². The molecule has 2 aliphatic rings. The zero-order valence-corrected chi connectivity index (χ0v) is 17.2. The van der Waals surface area contributed by atoms with E-state index in [4.69, 9.17) is 16.5 Å². The Balaban J connectivity index is 0.00000121. The minimum absolute atomic E-state index is 0. The number of carbonyl (C=O) groups excluding carboxylic acids is 1. The molecule has 2 aromatic heterocycles. The molecule has 1 fully saturated rings. The lowest BCUT2D eigenvalue weighted by atomic mass is 9.89. The molecule has 4 N–H and O–H groups in total. The molecule has 0 bridgehead atoms. The number of nitrogen functional groups attached to an aromatic ring is 1. The second kappa shape index (κ2) is 8.17. The SMILES string of the molecule is CN1CCN(c2nc3sc(C(N)=O)c(N)c3c3c2CCCC3)CC1.Cl.Cl. The van der Waals surface area contributed by atoms with Crippen LogP contribution in [0.15, 0.2) is 0 Å². The van der Waals surface area contributed by atoms with Gasteiger partial charge in [-0.15, -0.1) is 36.2 Å². The third-order valence-corrected chi connectivity index (χ3v) is 6.31. The van der Waals surface area contributed by atoms with Gasteiger partial charge in [-0.1, -0.05) is 0 Å². The Morgan fingerprint density at radius 2 is 1.69 bits per heavy atom. The lowest BCUT2D eigenvalue weighted by molar-refractivity contribution is 0.100. The first-order valence-corrected chi connectivity index (χ1v) is 9.35. The standard InChI is InChI=1S/C17H23N5OS.2ClH/c1-21-6-8-22(9-7-21)16-11-5-3-2-4-10(11)12-13(18)14(15(19)23)24-17(12)20-16;;/h2-9,18H2,1H3,(H2,19,23);2*1H. The molecule has 3 heterocycles. The third-order valence-electron chi connectivity index (χ3n) is 5.20. The van der Waals surface area contributed by atoms with Gasteiger partial charge >= 0.3 is 0 Å². The van der Waals surface area contributed by atoms with Crippen LogP contribution in [-0.2, 0) is 12.8 Å². The Kier molecular flexibility index (Phi) is 6.60. The van der Waals surface area contributed by atoms with Crippen molar-refractivity contribution in [2.24, 2.45) is 5.73 Å². The van der Waals surface area contributed by atoms with Crippen LogP contribution in [0.25, 0.3) is 10.2 Å². The van der Waals surface area contributed by atoms with Crippen molar-refractivity contribution in [3.8, 4) is 0 Å². The molecular weight excluding hydrogens is 393 g/mol. The minimum atomic E-state index is -0.457. The highest BCUT2D eigenvalue weighted by molar-refractivity contribution is 7.21. The fraction of sp³-hybridized carbons (Fsp3) is 0.529. The number of nitrogens with two attached hydrogens (primary N) is 2. The van der Waals surface area contributed by atoms with E-state index >= 15 is 0 Å². The summed E-state index contributed by atoms with van der Waals surface area (Å²) in [6.45, 7) is 4.08. The molecule has 6 nitrogen and oxygen atoms in total. The normalized spacial score (nSPS) is 17.3. The van der Waals surface area contributed by atoms with E-state index in [1.54, 1.807) is 0 Å². The molecule has 0 spiro atoms. The molecule has 0 unspecified atom stereocenters. The summed E-state index contributed by atoms with van der Waals surface area (Å²) in [5.41, 5.74) is 14.9. The van der Waals surface area contributed by atoms with Crippen molar-refractivity contribution in [2.75, 3.05) is 43.9 Å². The first kappa shape index (κ1) is 21.0. The number of primary amides is 1. The van der Waals surface area contributed by atoms with Crippen molar-refractivity contribution in [2.45, 2.75) is 25.7 Å². The van der Waals surface area contributed by atoms with Gasteiger partial charge in [0, 0.05) is 31.6 Å². The summed E-state index contributed by atoms with van der Waals surface area (Å²) in [4.78, 5) is 22.7. The second-order valence-corrected chi connectivity index (χ2v) is 7.78. The van der Waals surface area contributed by atoms with E-state index in [1.807, 2.05) is 0 Å². The molecule has 0 saturated carbocycles. The molecule has 1 aliphatic heterocycles. The predicted octanol–water partition coefficient (Wildman–Crippen LogP) is 2.45. The second-order valence-electron chi connectivity index (χ2n) is 6.78. The summed E-state index contributed by atoms with van der Waals surface area (Å²) in [6, 6.07) is 0. The van der Waals surface area contributed by atoms with E-state index in [-0.39, 0.29) is 24.8 Å². The number of fused-ring (bicyclic) bond motifs is 3. The number of likely N-dealkylation sites (N-methyl/N-ethyl adjacent to an activating group) is 1. The van der Waals surface area contributed by atoms with Crippen LogP contribution in [0.2, 0.25) is 0 Å². The Morgan fingerprint density at radius 1 is 1.08 bits per heavy atom. The summed E-state index contributed by atoms with van der Waals surface area (Å²) < 4.78 is 0. The Bertz CT molecular complexity index is 817. The predicted molar refractivity (Wildman–Crippen MR) is 113 cm³/mol. The number of thiophene rings is 1. The van der Waals surface area contributed by atoms with E-state index in [9.17, 15) is 4.79 Å². The van der Waals surface area contributed by atoms with Crippen molar-refractivity contribution in [3.05, 3.63) is 16.0 Å². The zero-order valence-electron chi connectivity index (χ0n) is 14.8. The smallest absolute Gasteiger partial charge is 0.260 e. The molecule has 2 aromatic rings. The van der Waals surface area contributed by atoms with Crippen LogP contribution in [0, 0.1) is 0 Å². The Hall–Kier alpha value is -1.28. The molecular formula is C17H25Cl2N5OS. The number of pyridine rings is 1. The number of aromatic nitrogens is 1. The van der Waals surface area contributed by atoms with Crippen LogP contribution in [-0.4, -0.2) is 49.0 Å². The molecule has 26 heavy (non-hydrogen) atoms. The van der Waals surface area contributed by atoms with Crippen LogP contribution < -0.4 is 16.4 Å². The van der Waals surface area contributed by atoms with Crippen LogP contribution in [0.1, 0.15) is 33.6 Å². The fourth-order valence-corrected chi connectivity index (χ4v) is 4.83. The average Bonchev–Trinajstić information content (AvgIpc) is 2.92. The van der Waals surface area contributed by atoms with Crippen LogP contribution in [0.5, 0.6) is 0 Å². The number of aryl methyl sites for hydroxylation is 1. The van der Waals surface area contributed by atoms with Gasteiger partial charge in [0.2, 0.25) is 0 Å². The number of anilines is 2. The topological polar surface area (TPSA) is 88.5 Å². The molecule has 1 saturated heterocycles. The summed E-state index contributed by atoms with van der Waals surface area (Å²) in [5, 5.41) is 0.973. The lowest BCUT2D eigenvalue weighted by Gasteiger charge is -2.35. The highest BCUT2D eigenvalue weighted by Crippen LogP contribution is 2.41. The fourth-order valence-electron chi connectivity index (χ4n) is 3.86. The number of hydrogen-bond acceptors (Lipinski definition) is 6. The third kappa shape index (κ3) is 3.45. The van der Waals surface area contributed by atoms with Crippen molar-refractivity contribution in [3.63, 3.8) is 0 Å². The highest BCUT2D eigenvalue weighted by Gasteiger charge is 2.27. The van der Waals surface area contributed by atoms with Gasteiger partial charge in [0.1, 0.15) is 15.5 Å². The van der Waals surface area contributed by atoms with Crippen LogP contribution >= 0.6 is 36.2 Å². The van der Waals surface area contributed by atoms with Gasteiger partial charge in [0.25, 0.3) is 5.91 Å². The summed E-state index contributed by atoms with van der Waals surface area (Å²) >= 11 is 1.34. The highest BCUT2D eigenvalue weighted by atomic mass is 35.5. The first-order chi connectivity index (χ1) is 11.6. The van der Waals surface area contributed by atoms with Gasteiger partial charge in [-0.2, -0.15) is 0 Å². The summed E-state index contributed by atoms with van der Waals surface area (Å²) in [7, 11) is 2.16. The average molecular weight is 418 g/mol. The van der Waals surface area contributed by atoms with E-state index in [0.29, 0.717) is 10.6 Å². The number of carbonyl (C=O) groups is 1. The van der Waals surface area contributed by atoms with Gasteiger partial charge in [-0.05, 0) is 43.9 Å². The maximum Gasteiger partial charge on any atom is 0.260 e. The van der Waals surface area contributed by atoms with Crippen LogP contribution in [0.4, 0.5) is 11.5 Å². The summed E-state index contributed by atoms with van der Waals surface area (Å²) in [6.07, 6.45) is 4.40. The molecule has 1 aliphatic carbocycles. The molecule has 1 amide bonds.